The Bertz CT molecular complexity index is 3200. The van der Waals surface area contributed by atoms with Crippen LogP contribution >= 0.6 is 11.3 Å². The molecule has 0 saturated carbocycles. The van der Waals surface area contributed by atoms with Crippen LogP contribution in [-0.2, 0) is 0 Å². The lowest BCUT2D eigenvalue weighted by Crippen LogP contribution is -2.13. The maximum Gasteiger partial charge on any atom is 0.0640 e. The molecule has 0 aliphatic rings. The van der Waals surface area contributed by atoms with E-state index in [0.29, 0.717) is 0 Å². The maximum atomic E-state index is 2.42. The molecule has 3 nitrogen and oxygen atoms in total. The van der Waals surface area contributed by atoms with Gasteiger partial charge in [-0.05, 0) is 95.7 Å². The van der Waals surface area contributed by atoms with Crippen molar-refractivity contribution < 1.29 is 0 Å². The van der Waals surface area contributed by atoms with E-state index in [4.69, 9.17) is 0 Å². The number of nitrogens with zero attached hydrogens (tertiary/aromatic N) is 3. The average molecular weight is 734 g/mol. The van der Waals surface area contributed by atoms with E-state index in [2.05, 4.69) is 227 Å². The van der Waals surface area contributed by atoms with Crippen LogP contribution in [0.3, 0.4) is 0 Å². The standard InChI is InChI=1S/C52H35N3S/c1-4-17-37(18-5-1)53(42-31-32-45-44-26-12-13-28-47(44)55(49(45)35-42)39-21-8-3-9-22-39)40-23-14-24-41(34-40)54(38-19-6-2-7-20-38)48-29-15-27-46-51-43-25-11-10-16-36(43)30-33-50(51)56-52(46)48/h1-35H. The molecular weight excluding hydrogens is 699 g/mol. The Morgan fingerprint density at radius 1 is 0.357 bits per heavy atom. The molecule has 0 aliphatic heterocycles. The highest BCUT2D eigenvalue weighted by Crippen LogP contribution is 2.48. The van der Waals surface area contributed by atoms with E-state index in [9.17, 15) is 0 Å². The second-order valence-corrected chi connectivity index (χ2v) is 15.2. The molecule has 0 radical (unpaired) electrons. The van der Waals surface area contributed by atoms with Gasteiger partial charge in [0.2, 0.25) is 0 Å². The molecule has 0 bridgehead atoms. The zero-order valence-electron chi connectivity index (χ0n) is 30.5. The number of benzene rings is 9. The molecule has 0 aliphatic carbocycles. The summed E-state index contributed by atoms with van der Waals surface area (Å²) < 4.78 is 4.96. The van der Waals surface area contributed by atoms with Crippen molar-refractivity contribution in [1.82, 2.24) is 4.57 Å². The van der Waals surface area contributed by atoms with Crippen LogP contribution in [0.2, 0.25) is 0 Å². The maximum absolute atomic E-state index is 2.42. The van der Waals surface area contributed by atoms with Crippen LogP contribution in [0, 0.1) is 0 Å². The Kier molecular flexibility index (Phi) is 7.68. The summed E-state index contributed by atoms with van der Waals surface area (Å²) in [5.41, 5.74) is 10.1. The van der Waals surface area contributed by atoms with Crippen LogP contribution < -0.4 is 9.80 Å². The number of hydrogen-bond donors (Lipinski definition) is 0. The first-order chi connectivity index (χ1) is 27.8. The molecular formula is C52H35N3S. The van der Waals surface area contributed by atoms with E-state index >= 15 is 0 Å². The van der Waals surface area contributed by atoms with Gasteiger partial charge in [0.25, 0.3) is 0 Å². The summed E-state index contributed by atoms with van der Waals surface area (Å²) in [6, 6.07) is 76.8. The molecule has 0 spiro atoms. The zero-order valence-corrected chi connectivity index (χ0v) is 31.3. The smallest absolute Gasteiger partial charge is 0.0640 e. The molecule has 264 valence electrons. The van der Waals surface area contributed by atoms with Crippen molar-refractivity contribution in [2.75, 3.05) is 9.80 Å². The van der Waals surface area contributed by atoms with Crippen molar-refractivity contribution >= 4 is 98.2 Å². The fraction of sp³-hybridized carbons (Fsp3) is 0. The van der Waals surface area contributed by atoms with Crippen LogP contribution in [-0.4, -0.2) is 4.57 Å². The molecule has 0 atom stereocenters. The van der Waals surface area contributed by atoms with E-state index in [0.717, 1.165) is 39.8 Å². The Morgan fingerprint density at radius 2 is 0.929 bits per heavy atom. The first-order valence-corrected chi connectivity index (χ1v) is 19.8. The molecule has 0 unspecified atom stereocenters. The van der Waals surface area contributed by atoms with Gasteiger partial charge in [-0.1, -0.05) is 127 Å². The highest BCUT2D eigenvalue weighted by Gasteiger charge is 2.22. The minimum Gasteiger partial charge on any atom is -0.310 e. The van der Waals surface area contributed by atoms with Gasteiger partial charge < -0.3 is 14.4 Å². The average Bonchev–Trinajstić information content (AvgIpc) is 3.82. The van der Waals surface area contributed by atoms with Crippen LogP contribution in [0.15, 0.2) is 212 Å². The quantitative estimate of drug-likeness (QED) is 0.162. The lowest BCUT2D eigenvalue weighted by Gasteiger charge is -2.29. The largest absolute Gasteiger partial charge is 0.310 e. The van der Waals surface area contributed by atoms with Crippen LogP contribution in [0.1, 0.15) is 0 Å². The molecule has 0 N–H and O–H groups in total. The molecule has 4 heteroatoms. The molecule has 56 heavy (non-hydrogen) atoms. The van der Waals surface area contributed by atoms with E-state index in [-0.39, 0.29) is 0 Å². The third-order valence-electron chi connectivity index (χ3n) is 10.9. The second-order valence-electron chi connectivity index (χ2n) is 14.2. The second kappa shape index (κ2) is 13.3. The van der Waals surface area contributed by atoms with Crippen molar-refractivity contribution in [3.63, 3.8) is 0 Å². The molecule has 11 aromatic rings. The Morgan fingerprint density at radius 3 is 1.71 bits per heavy atom. The minimum atomic E-state index is 1.07. The zero-order chi connectivity index (χ0) is 37.0. The Balaban J connectivity index is 1.12. The summed E-state index contributed by atoms with van der Waals surface area (Å²) in [6.07, 6.45) is 0. The van der Waals surface area contributed by atoms with Gasteiger partial charge in [0.1, 0.15) is 0 Å². The summed E-state index contributed by atoms with van der Waals surface area (Å²) in [7, 11) is 0. The van der Waals surface area contributed by atoms with Crippen LogP contribution in [0.5, 0.6) is 0 Å². The minimum absolute atomic E-state index is 1.07. The van der Waals surface area contributed by atoms with Gasteiger partial charge in [0.05, 0.1) is 21.4 Å². The van der Waals surface area contributed by atoms with Gasteiger partial charge in [-0.15, -0.1) is 11.3 Å². The predicted octanol–water partition coefficient (Wildman–Crippen LogP) is 15.2. The highest BCUT2D eigenvalue weighted by atomic mass is 32.1. The van der Waals surface area contributed by atoms with Crippen molar-refractivity contribution in [3.8, 4) is 5.69 Å². The van der Waals surface area contributed by atoms with E-state index in [1.165, 1.54) is 52.8 Å². The first-order valence-electron chi connectivity index (χ1n) is 19.0. The van der Waals surface area contributed by atoms with Crippen molar-refractivity contribution in [2.24, 2.45) is 0 Å². The third kappa shape index (κ3) is 5.26. The highest BCUT2D eigenvalue weighted by molar-refractivity contribution is 7.26. The molecule has 0 amide bonds. The fourth-order valence-electron chi connectivity index (χ4n) is 8.48. The lowest BCUT2D eigenvalue weighted by molar-refractivity contribution is 1.18. The number of anilines is 6. The summed E-state index contributed by atoms with van der Waals surface area (Å²) >= 11 is 1.87. The molecule has 0 fully saturated rings. The monoisotopic (exact) mass is 733 g/mol. The van der Waals surface area contributed by atoms with Gasteiger partial charge in [-0.25, -0.2) is 0 Å². The number of para-hydroxylation sites is 4. The molecule has 9 aromatic carbocycles. The molecule has 0 saturated heterocycles. The number of fused-ring (bicyclic) bond motifs is 8. The predicted molar refractivity (Wildman–Crippen MR) is 241 cm³/mol. The van der Waals surface area contributed by atoms with Crippen molar-refractivity contribution in [1.29, 1.82) is 0 Å². The third-order valence-corrected chi connectivity index (χ3v) is 12.1. The van der Waals surface area contributed by atoms with Gasteiger partial charge >= 0.3 is 0 Å². The van der Waals surface area contributed by atoms with Crippen LogP contribution in [0.25, 0.3) is 58.4 Å². The number of thiophene rings is 1. The Labute approximate surface area is 329 Å². The van der Waals surface area contributed by atoms with Gasteiger partial charge in [-0.3, -0.25) is 0 Å². The lowest BCUT2D eigenvalue weighted by atomic mass is 10.0. The molecule has 2 heterocycles. The normalized spacial score (nSPS) is 11.6. The summed E-state index contributed by atoms with van der Waals surface area (Å²) in [5.74, 6) is 0. The summed E-state index contributed by atoms with van der Waals surface area (Å²) in [5, 5.41) is 7.64. The Hall–Kier alpha value is -7.14. The number of hydrogen-bond acceptors (Lipinski definition) is 3. The summed E-state index contributed by atoms with van der Waals surface area (Å²) in [4.78, 5) is 4.80. The topological polar surface area (TPSA) is 11.4 Å². The fourth-order valence-corrected chi connectivity index (χ4v) is 9.70. The number of aromatic nitrogens is 1. The van der Waals surface area contributed by atoms with E-state index in [1.54, 1.807) is 0 Å². The molecule has 2 aromatic heterocycles. The van der Waals surface area contributed by atoms with Gasteiger partial charge in [0, 0.05) is 60.4 Å². The van der Waals surface area contributed by atoms with E-state index in [1.807, 2.05) is 11.3 Å². The first kappa shape index (κ1) is 32.3. The van der Waals surface area contributed by atoms with Gasteiger partial charge in [-0.2, -0.15) is 0 Å². The summed E-state index contributed by atoms with van der Waals surface area (Å²) in [6.45, 7) is 0. The van der Waals surface area contributed by atoms with Crippen molar-refractivity contribution in [2.45, 2.75) is 0 Å². The van der Waals surface area contributed by atoms with Crippen LogP contribution in [0.4, 0.5) is 34.1 Å². The van der Waals surface area contributed by atoms with Crippen molar-refractivity contribution in [3.05, 3.63) is 212 Å². The van der Waals surface area contributed by atoms with Gasteiger partial charge in [0.15, 0.2) is 0 Å². The molecule has 11 rings (SSSR count). The SMILES string of the molecule is c1ccc(N(c2cccc(N(c3ccccc3)c3cccc4c3sc3ccc5ccccc5c34)c2)c2ccc3c4ccccc4n(-c4ccccc4)c3c2)cc1. The van der Waals surface area contributed by atoms with E-state index < -0.39 is 0 Å². The number of rotatable bonds is 7.